The Morgan fingerprint density at radius 3 is 2.80 bits per heavy atom. The molecule has 0 spiro atoms. The number of carbonyl (C=O) groups is 2. The van der Waals surface area contributed by atoms with Crippen molar-refractivity contribution in [2.45, 2.75) is 19.0 Å². The first-order valence-corrected chi connectivity index (χ1v) is 8.60. The Labute approximate surface area is 131 Å². The van der Waals surface area contributed by atoms with E-state index in [4.69, 9.17) is 9.15 Å². The Hall–Kier alpha value is -0.950. The molecule has 0 aliphatic carbocycles. The van der Waals surface area contributed by atoms with Crippen LogP contribution in [0, 0.1) is 0 Å². The van der Waals surface area contributed by atoms with Crippen molar-refractivity contribution in [1.29, 1.82) is 0 Å². The third kappa shape index (κ3) is 4.86. The van der Waals surface area contributed by atoms with Crippen LogP contribution in [0.1, 0.15) is 12.2 Å². The van der Waals surface area contributed by atoms with Gasteiger partial charge in [-0.05, 0) is 30.6 Å². The summed E-state index contributed by atoms with van der Waals surface area (Å²) >= 11 is 4.77. The number of carbonyl (C=O) groups excluding carboxylic acids is 2. The molecule has 1 rings (SSSR count). The van der Waals surface area contributed by atoms with Gasteiger partial charge < -0.3 is 14.1 Å². The smallest absolute Gasteiger partial charge is 0.328 e. The van der Waals surface area contributed by atoms with Gasteiger partial charge in [0.15, 0.2) is 0 Å². The van der Waals surface area contributed by atoms with Crippen molar-refractivity contribution in [3.05, 3.63) is 24.2 Å². The number of ether oxygens (including phenoxy) is 1. The van der Waals surface area contributed by atoms with Crippen LogP contribution in [-0.4, -0.2) is 47.3 Å². The highest BCUT2D eigenvalue weighted by Crippen LogP contribution is 2.16. The van der Waals surface area contributed by atoms with E-state index < -0.39 is 12.0 Å². The van der Waals surface area contributed by atoms with Gasteiger partial charge in [0.05, 0.1) is 25.2 Å². The van der Waals surface area contributed by atoms with E-state index in [9.17, 15) is 9.59 Å². The molecule has 0 aliphatic rings. The molecule has 1 amide bonds. The zero-order chi connectivity index (χ0) is 15.0. The first-order valence-electron chi connectivity index (χ1n) is 6.08. The van der Waals surface area contributed by atoms with Crippen LogP contribution in [0.5, 0.6) is 0 Å². The lowest BCUT2D eigenvalue weighted by molar-refractivity contribution is -0.152. The number of rotatable bonds is 8. The molecule has 1 aromatic rings. The Kier molecular flexibility index (Phi) is 7.76. The molecule has 0 fully saturated rings. The molecule has 7 heteroatoms. The third-order valence-corrected chi connectivity index (χ3v) is 3.91. The zero-order valence-corrected chi connectivity index (χ0v) is 13.9. The number of furan rings is 1. The molecule has 0 saturated carbocycles. The summed E-state index contributed by atoms with van der Waals surface area (Å²) in [4.78, 5) is 25.5. The van der Waals surface area contributed by atoms with Crippen molar-refractivity contribution in [1.82, 2.24) is 4.90 Å². The lowest BCUT2D eigenvalue weighted by Crippen LogP contribution is -2.46. The van der Waals surface area contributed by atoms with Crippen LogP contribution in [-0.2, 0) is 20.9 Å². The van der Waals surface area contributed by atoms with Crippen molar-refractivity contribution in [3.63, 3.8) is 0 Å². The topological polar surface area (TPSA) is 59.8 Å². The fourth-order valence-electron chi connectivity index (χ4n) is 1.79. The molecule has 20 heavy (non-hydrogen) atoms. The van der Waals surface area contributed by atoms with Gasteiger partial charge in [-0.1, -0.05) is 15.9 Å². The van der Waals surface area contributed by atoms with E-state index in [0.29, 0.717) is 12.2 Å². The van der Waals surface area contributed by atoms with Crippen molar-refractivity contribution in [2.75, 3.05) is 24.4 Å². The van der Waals surface area contributed by atoms with E-state index in [1.807, 2.05) is 6.26 Å². The average Bonchev–Trinajstić information content (AvgIpc) is 2.98. The predicted molar refractivity (Wildman–Crippen MR) is 81.9 cm³/mol. The normalized spacial score (nSPS) is 11.9. The molecule has 1 aromatic heterocycles. The van der Waals surface area contributed by atoms with Gasteiger partial charge in [-0.25, -0.2) is 4.79 Å². The number of halogens is 1. The lowest BCUT2D eigenvalue weighted by atomic mass is 10.2. The molecule has 5 nitrogen and oxygen atoms in total. The van der Waals surface area contributed by atoms with E-state index in [0.717, 1.165) is 5.75 Å². The van der Waals surface area contributed by atoms with Crippen molar-refractivity contribution in [3.8, 4) is 0 Å². The van der Waals surface area contributed by atoms with Gasteiger partial charge in [0, 0.05) is 0 Å². The maximum Gasteiger partial charge on any atom is 0.328 e. The molecule has 0 radical (unpaired) electrons. The second-order valence-electron chi connectivity index (χ2n) is 4.06. The number of hydrogen-bond acceptors (Lipinski definition) is 5. The summed E-state index contributed by atoms with van der Waals surface area (Å²) in [7, 11) is 1.33. The average molecular weight is 364 g/mol. The molecule has 0 aromatic carbocycles. The van der Waals surface area contributed by atoms with Crippen molar-refractivity contribution < 1.29 is 18.7 Å². The molecule has 0 unspecified atom stereocenters. The molecule has 1 atom stereocenters. The summed E-state index contributed by atoms with van der Waals surface area (Å²) in [5.41, 5.74) is 0. The fraction of sp³-hybridized carbons (Fsp3) is 0.538. The first-order chi connectivity index (χ1) is 9.63. The van der Waals surface area contributed by atoms with Crippen LogP contribution in [0.15, 0.2) is 22.8 Å². The Morgan fingerprint density at radius 2 is 2.30 bits per heavy atom. The summed E-state index contributed by atoms with van der Waals surface area (Å²) in [5.74, 6) is 0.833. The lowest BCUT2D eigenvalue weighted by Gasteiger charge is -2.28. The first kappa shape index (κ1) is 17.1. The highest BCUT2D eigenvalue weighted by atomic mass is 79.9. The highest BCUT2D eigenvalue weighted by molar-refractivity contribution is 9.09. The minimum absolute atomic E-state index is 0.153. The maximum absolute atomic E-state index is 12.1. The quantitative estimate of drug-likeness (QED) is 0.523. The molecular weight excluding hydrogens is 346 g/mol. The number of methoxy groups -OCH3 is 1. The molecule has 0 bridgehead atoms. The van der Waals surface area contributed by atoms with Gasteiger partial charge in [0.25, 0.3) is 0 Å². The SMILES string of the molecule is COC(=O)[C@H](CCSC)N(Cc1ccco1)C(=O)CBr. The minimum atomic E-state index is -0.595. The van der Waals surface area contributed by atoms with Crippen LogP contribution < -0.4 is 0 Å². The van der Waals surface area contributed by atoms with Gasteiger partial charge in [-0.3, -0.25) is 4.79 Å². The molecule has 0 N–H and O–H groups in total. The summed E-state index contributed by atoms with van der Waals surface area (Å²) < 4.78 is 10.1. The Morgan fingerprint density at radius 1 is 1.55 bits per heavy atom. The number of hydrogen-bond donors (Lipinski definition) is 0. The van der Waals surface area contributed by atoms with E-state index >= 15 is 0 Å². The Bertz CT molecular complexity index is 424. The minimum Gasteiger partial charge on any atom is -0.467 e. The summed E-state index contributed by atoms with van der Waals surface area (Å²) in [5, 5.41) is 0.153. The van der Waals surface area contributed by atoms with Gasteiger partial charge in [0.1, 0.15) is 11.8 Å². The number of thioether (sulfide) groups is 1. The fourth-order valence-corrected chi connectivity index (χ4v) is 2.57. The van der Waals surface area contributed by atoms with Gasteiger partial charge in [-0.15, -0.1) is 0 Å². The van der Waals surface area contributed by atoms with E-state index in [2.05, 4.69) is 15.9 Å². The second-order valence-corrected chi connectivity index (χ2v) is 5.60. The van der Waals surface area contributed by atoms with E-state index in [-0.39, 0.29) is 17.8 Å². The van der Waals surface area contributed by atoms with Crippen LogP contribution in [0.4, 0.5) is 0 Å². The largest absolute Gasteiger partial charge is 0.467 e. The number of alkyl halides is 1. The van der Waals surface area contributed by atoms with Gasteiger partial charge >= 0.3 is 5.97 Å². The van der Waals surface area contributed by atoms with Crippen molar-refractivity contribution in [2.24, 2.45) is 0 Å². The zero-order valence-electron chi connectivity index (χ0n) is 11.5. The second kappa shape index (κ2) is 9.07. The molecular formula is C13H18BrNO4S. The van der Waals surface area contributed by atoms with Crippen LogP contribution >= 0.6 is 27.7 Å². The van der Waals surface area contributed by atoms with Crippen LogP contribution in [0.2, 0.25) is 0 Å². The van der Waals surface area contributed by atoms with Gasteiger partial charge in [0.2, 0.25) is 5.91 Å². The van der Waals surface area contributed by atoms with Crippen LogP contribution in [0.25, 0.3) is 0 Å². The molecule has 1 heterocycles. The number of esters is 1. The Balaban J connectivity index is 2.91. The van der Waals surface area contributed by atoms with Crippen LogP contribution in [0.3, 0.4) is 0 Å². The van der Waals surface area contributed by atoms with Crippen molar-refractivity contribution >= 4 is 39.6 Å². The number of nitrogens with zero attached hydrogens (tertiary/aromatic N) is 1. The number of amides is 1. The van der Waals surface area contributed by atoms with E-state index in [1.54, 1.807) is 30.2 Å². The molecule has 0 aliphatic heterocycles. The summed E-state index contributed by atoms with van der Waals surface area (Å²) in [6.45, 7) is 0.256. The summed E-state index contributed by atoms with van der Waals surface area (Å²) in [6, 6.07) is 2.93. The maximum atomic E-state index is 12.1. The van der Waals surface area contributed by atoms with Gasteiger partial charge in [-0.2, -0.15) is 11.8 Å². The molecule has 112 valence electrons. The predicted octanol–water partition coefficient (Wildman–Crippen LogP) is 2.30. The highest BCUT2D eigenvalue weighted by Gasteiger charge is 2.30. The standard InChI is InChI=1S/C13H18BrNO4S/c1-18-13(17)11(5-7-20-2)15(12(16)8-14)9-10-4-3-6-19-10/h3-4,6,11H,5,7-9H2,1-2H3/t11-/m0/s1. The molecule has 0 saturated heterocycles. The van der Waals surface area contributed by atoms with E-state index in [1.165, 1.54) is 12.0 Å². The third-order valence-electron chi connectivity index (χ3n) is 2.79. The monoisotopic (exact) mass is 363 g/mol. The summed E-state index contributed by atoms with van der Waals surface area (Å²) in [6.07, 6.45) is 4.05.